The molecular weight excluding hydrogens is 364 g/mol. The summed E-state index contributed by atoms with van der Waals surface area (Å²) < 4.78 is 5.10. The van der Waals surface area contributed by atoms with E-state index in [1.807, 2.05) is 12.1 Å². The maximum atomic E-state index is 12.3. The molecule has 0 spiro atoms. The molecular formula is C23H26N4O2. The van der Waals surface area contributed by atoms with Gasteiger partial charge in [0.2, 0.25) is 0 Å². The number of piperidine rings is 1. The van der Waals surface area contributed by atoms with Gasteiger partial charge in [0.15, 0.2) is 0 Å². The number of nitrogens with one attached hydrogen (secondary N) is 2. The number of carbonyl (C=O) groups excluding carboxylic acids is 1. The molecule has 0 radical (unpaired) electrons. The molecule has 1 saturated heterocycles. The van der Waals surface area contributed by atoms with Crippen LogP contribution in [0.4, 0.5) is 5.69 Å². The van der Waals surface area contributed by atoms with Gasteiger partial charge in [-0.3, -0.25) is 9.69 Å². The van der Waals surface area contributed by atoms with Gasteiger partial charge in [-0.2, -0.15) is 5.26 Å². The second-order valence-electron chi connectivity index (χ2n) is 7.06. The molecule has 1 aliphatic heterocycles. The minimum absolute atomic E-state index is 0.0625. The fourth-order valence-corrected chi connectivity index (χ4v) is 3.32. The third-order valence-corrected chi connectivity index (χ3v) is 5.01. The maximum Gasteiger partial charge on any atom is 0.267 e. The van der Waals surface area contributed by atoms with Crippen molar-refractivity contribution >= 4 is 11.6 Å². The Labute approximate surface area is 171 Å². The van der Waals surface area contributed by atoms with E-state index in [9.17, 15) is 10.1 Å². The van der Waals surface area contributed by atoms with Crippen molar-refractivity contribution in [3.63, 3.8) is 0 Å². The summed E-state index contributed by atoms with van der Waals surface area (Å²) in [5.41, 5.74) is 2.00. The van der Waals surface area contributed by atoms with Gasteiger partial charge in [-0.15, -0.1) is 0 Å². The van der Waals surface area contributed by atoms with Crippen molar-refractivity contribution in [3.8, 4) is 11.8 Å². The average Bonchev–Trinajstić information content (AvgIpc) is 2.76. The predicted octanol–water partition coefficient (Wildman–Crippen LogP) is 3.30. The molecule has 29 heavy (non-hydrogen) atoms. The second-order valence-corrected chi connectivity index (χ2v) is 7.06. The third-order valence-electron chi connectivity index (χ3n) is 5.01. The van der Waals surface area contributed by atoms with Crippen LogP contribution in [0.15, 0.2) is 66.4 Å². The van der Waals surface area contributed by atoms with Crippen LogP contribution in [-0.2, 0) is 11.3 Å². The van der Waals surface area contributed by atoms with Gasteiger partial charge in [-0.25, -0.2) is 0 Å². The normalized spacial score (nSPS) is 15.4. The van der Waals surface area contributed by atoms with Crippen LogP contribution in [0.5, 0.6) is 5.75 Å². The highest BCUT2D eigenvalue weighted by atomic mass is 16.5. The molecule has 1 aliphatic rings. The molecule has 1 amide bonds. The highest BCUT2D eigenvalue weighted by molar-refractivity contribution is 6.06. The minimum atomic E-state index is -0.424. The molecule has 1 heterocycles. The molecule has 0 atom stereocenters. The van der Waals surface area contributed by atoms with Crippen LogP contribution in [-0.4, -0.2) is 37.0 Å². The Kier molecular flexibility index (Phi) is 7.26. The smallest absolute Gasteiger partial charge is 0.267 e. The molecule has 0 aromatic heterocycles. The number of methoxy groups -OCH3 is 1. The standard InChI is InChI=1S/C23H26N4O2/c1-29-22-9-7-21(8-10-22)26-23(28)19(15-24)16-25-20-11-13-27(14-12-20)17-18-5-3-2-4-6-18/h2-10,16,20,25H,11-14,17H2,1H3,(H,26,28)/b19-16-. The van der Waals surface area contributed by atoms with E-state index in [2.05, 4.69) is 39.8 Å². The number of benzene rings is 2. The minimum Gasteiger partial charge on any atom is -0.497 e. The van der Waals surface area contributed by atoms with Gasteiger partial charge in [-0.1, -0.05) is 30.3 Å². The van der Waals surface area contributed by atoms with Crippen LogP contribution in [0.3, 0.4) is 0 Å². The molecule has 0 bridgehead atoms. The van der Waals surface area contributed by atoms with Crippen LogP contribution < -0.4 is 15.4 Å². The van der Waals surface area contributed by atoms with E-state index in [0.29, 0.717) is 11.4 Å². The van der Waals surface area contributed by atoms with E-state index >= 15 is 0 Å². The summed E-state index contributed by atoms with van der Waals surface area (Å²) in [7, 11) is 1.59. The summed E-state index contributed by atoms with van der Waals surface area (Å²) in [6, 6.07) is 19.7. The Morgan fingerprint density at radius 3 is 2.48 bits per heavy atom. The molecule has 0 unspecified atom stereocenters. The summed E-state index contributed by atoms with van der Waals surface area (Å²) in [6.07, 6.45) is 3.49. The number of anilines is 1. The van der Waals surface area contributed by atoms with Crippen LogP contribution in [0, 0.1) is 11.3 Å². The largest absolute Gasteiger partial charge is 0.497 e. The van der Waals surface area contributed by atoms with Crippen molar-refractivity contribution in [1.29, 1.82) is 5.26 Å². The lowest BCUT2D eigenvalue weighted by Crippen LogP contribution is -2.40. The van der Waals surface area contributed by atoms with E-state index in [1.165, 1.54) is 11.8 Å². The Morgan fingerprint density at radius 1 is 1.17 bits per heavy atom. The Balaban J connectivity index is 1.47. The molecule has 1 fully saturated rings. The third kappa shape index (κ3) is 6.09. The fourth-order valence-electron chi connectivity index (χ4n) is 3.32. The fraction of sp³-hybridized carbons (Fsp3) is 0.304. The van der Waals surface area contributed by atoms with Crippen LogP contribution in [0.1, 0.15) is 18.4 Å². The van der Waals surface area contributed by atoms with Crippen molar-refractivity contribution in [2.45, 2.75) is 25.4 Å². The first kappa shape index (κ1) is 20.4. The number of hydrogen-bond acceptors (Lipinski definition) is 5. The van der Waals surface area contributed by atoms with Crippen molar-refractivity contribution in [2.24, 2.45) is 0 Å². The number of carbonyl (C=O) groups is 1. The molecule has 0 saturated carbocycles. The summed E-state index contributed by atoms with van der Waals surface area (Å²) in [4.78, 5) is 14.8. The van der Waals surface area contributed by atoms with Gasteiger partial charge in [0, 0.05) is 37.6 Å². The van der Waals surface area contributed by atoms with Crippen molar-refractivity contribution < 1.29 is 9.53 Å². The second kappa shape index (κ2) is 10.3. The van der Waals surface area contributed by atoms with Gasteiger partial charge in [0.05, 0.1) is 7.11 Å². The molecule has 2 N–H and O–H groups in total. The topological polar surface area (TPSA) is 77.4 Å². The molecule has 2 aromatic rings. The first-order valence-corrected chi connectivity index (χ1v) is 9.76. The Morgan fingerprint density at radius 2 is 1.86 bits per heavy atom. The average molecular weight is 390 g/mol. The lowest BCUT2D eigenvalue weighted by atomic mass is 10.0. The van der Waals surface area contributed by atoms with Gasteiger partial charge in [-0.05, 0) is 42.7 Å². The Hall–Kier alpha value is -3.30. The zero-order chi connectivity index (χ0) is 20.5. The lowest BCUT2D eigenvalue weighted by Gasteiger charge is -2.32. The zero-order valence-electron chi connectivity index (χ0n) is 16.6. The first-order valence-electron chi connectivity index (χ1n) is 9.76. The van der Waals surface area contributed by atoms with Crippen molar-refractivity contribution in [2.75, 3.05) is 25.5 Å². The van der Waals surface area contributed by atoms with Crippen LogP contribution >= 0.6 is 0 Å². The van der Waals surface area contributed by atoms with E-state index in [4.69, 9.17) is 4.74 Å². The highest BCUT2D eigenvalue weighted by Crippen LogP contribution is 2.16. The number of likely N-dealkylation sites (tertiary alicyclic amines) is 1. The van der Waals surface area contributed by atoms with Gasteiger partial charge in [0.25, 0.3) is 5.91 Å². The monoisotopic (exact) mass is 390 g/mol. The molecule has 150 valence electrons. The lowest BCUT2D eigenvalue weighted by molar-refractivity contribution is -0.112. The number of nitrogens with zero attached hydrogens (tertiary/aromatic N) is 2. The molecule has 6 nitrogen and oxygen atoms in total. The van der Waals surface area contributed by atoms with Gasteiger partial charge < -0.3 is 15.4 Å². The summed E-state index contributed by atoms with van der Waals surface area (Å²) in [5, 5.41) is 15.3. The molecule has 3 rings (SSSR count). The molecule has 0 aliphatic carbocycles. The van der Waals surface area contributed by atoms with Gasteiger partial charge >= 0.3 is 0 Å². The number of nitriles is 1. The highest BCUT2D eigenvalue weighted by Gasteiger charge is 2.19. The number of hydrogen-bond donors (Lipinski definition) is 2. The van der Waals surface area contributed by atoms with Crippen molar-refractivity contribution in [3.05, 3.63) is 71.9 Å². The number of amides is 1. The summed E-state index contributed by atoms with van der Waals surface area (Å²) in [5.74, 6) is 0.283. The quantitative estimate of drug-likeness (QED) is 0.560. The number of ether oxygens (including phenoxy) is 1. The molecule has 6 heteroatoms. The summed E-state index contributed by atoms with van der Waals surface area (Å²) >= 11 is 0. The van der Waals surface area contributed by atoms with E-state index in [1.54, 1.807) is 31.4 Å². The van der Waals surface area contributed by atoms with E-state index in [-0.39, 0.29) is 11.6 Å². The maximum absolute atomic E-state index is 12.3. The summed E-state index contributed by atoms with van der Waals surface area (Å²) in [6.45, 7) is 2.93. The first-order chi connectivity index (χ1) is 14.2. The molecule has 2 aromatic carbocycles. The van der Waals surface area contributed by atoms with E-state index < -0.39 is 5.91 Å². The number of rotatable bonds is 7. The van der Waals surface area contributed by atoms with Crippen molar-refractivity contribution in [1.82, 2.24) is 10.2 Å². The van der Waals surface area contributed by atoms with Gasteiger partial charge in [0.1, 0.15) is 17.4 Å². The Bertz CT molecular complexity index is 864. The predicted molar refractivity (Wildman–Crippen MR) is 113 cm³/mol. The zero-order valence-corrected chi connectivity index (χ0v) is 16.6. The van der Waals surface area contributed by atoms with E-state index in [0.717, 1.165) is 32.5 Å². The van der Waals surface area contributed by atoms with Crippen LogP contribution in [0.2, 0.25) is 0 Å². The van der Waals surface area contributed by atoms with Crippen LogP contribution in [0.25, 0.3) is 0 Å². The SMILES string of the molecule is COc1ccc(NC(=O)/C(C#N)=C\NC2CCN(Cc3ccccc3)CC2)cc1.